The second kappa shape index (κ2) is 9.14. The Kier molecular flexibility index (Phi) is 6.90. The molecule has 0 fully saturated rings. The van der Waals surface area contributed by atoms with Crippen molar-refractivity contribution < 1.29 is 14.3 Å². The van der Waals surface area contributed by atoms with Gasteiger partial charge >= 0.3 is 0 Å². The van der Waals surface area contributed by atoms with Crippen molar-refractivity contribution in [2.45, 2.75) is 26.7 Å². The van der Waals surface area contributed by atoms with Crippen LogP contribution in [0.1, 0.15) is 41.3 Å². The van der Waals surface area contributed by atoms with Crippen LogP contribution >= 0.6 is 12.2 Å². The fourth-order valence-corrected chi connectivity index (χ4v) is 2.73. The Hall–Kier alpha value is -2.93. The number of hydrogen-bond acceptors (Lipinski definition) is 4. The van der Waals surface area contributed by atoms with Crippen LogP contribution < -0.4 is 21.1 Å². The fraction of sp³-hybridized carbons (Fsp3) is 0.250. The zero-order valence-electron chi connectivity index (χ0n) is 15.5. The SMILES string of the molecule is Cc1ccc(C(C)C)c(OCC(=O)NC(=S)Nc2ccccc2C(N)=O)c1. The van der Waals surface area contributed by atoms with E-state index in [2.05, 4.69) is 24.5 Å². The van der Waals surface area contributed by atoms with E-state index in [0.717, 1.165) is 11.1 Å². The summed E-state index contributed by atoms with van der Waals surface area (Å²) in [5.41, 5.74) is 8.12. The van der Waals surface area contributed by atoms with Crippen molar-refractivity contribution in [3.05, 3.63) is 59.2 Å². The van der Waals surface area contributed by atoms with E-state index in [1.165, 1.54) is 0 Å². The molecular weight excluding hydrogens is 362 g/mol. The van der Waals surface area contributed by atoms with Gasteiger partial charge in [0.05, 0.1) is 11.3 Å². The molecule has 0 saturated carbocycles. The monoisotopic (exact) mass is 385 g/mol. The molecule has 0 aliphatic heterocycles. The quantitative estimate of drug-likeness (QED) is 0.665. The summed E-state index contributed by atoms with van der Waals surface area (Å²) in [6.07, 6.45) is 0. The third kappa shape index (κ3) is 5.79. The molecule has 6 nitrogen and oxygen atoms in total. The Bertz CT molecular complexity index is 865. The number of para-hydroxylation sites is 1. The van der Waals surface area contributed by atoms with Crippen LogP contribution in [0.4, 0.5) is 5.69 Å². The third-order valence-corrected chi connectivity index (χ3v) is 4.05. The van der Waals surface area contributed by atoms with Gasteiger partial charge in [-0.15, -0.1) is 0 Å². The molecule has 0 bridgehead atoms. The van der Waals surface area contributed by atoms with Crippen molar-refractivity contribution in [3.8, 4) is 5.75 Å². The van der Waals surface area contributed by atoms with Crippen LogP contribution in [-0.4, -0.2) is 23.5 Å². The molecule has 0 aliphatic rings. The van der Waals surface area contributed by atoms with E-state index in [4.69, 9.17) is 22.7 Å². The average molecular weight is 385 g/mol. The number of nitrogens with one attached hydrogen (secondary N) is 2. The molecule has 7 heteroatoms. The molecule has 0 heterocycles. The molecule has 2 amide bonds. The van der Waals surface area contributed by atoms with E-state index in [1.807, 2.05) is 25.1 Å². The number of carbonyl (C=O) groups excluding carboxylic acids is 2. The molecule has 2 aromatic rings. The van der Waals surface area contributed by atoms with Crippen molar-refractivity contribution >= 4 is 34.8 Å². The lowest BCUT2D eigenvalue weighted by molar-refractivity contribution is -0.121. The number of ether oxygens (including phenoxy) is 1. The lowest BCUT2D eigenvalue weighted by Crippen LogP contribution is -2.37. The number of anilines is 1. The largest absolute Gasteiger partial charge is 0.483 e. The smallest absolute Gasteiger partial charge is 0.264 e. The summed E-state index contributed by atoms with van der Waals surface area (Å²) in [6.45, 7) is 5.91. The van der Waals surface area contributed by atoms with E-state index in [1.54, 1.807) is 24.3 Å². The van der Waals surface area contributed by atoms with Crippen LogP contribution in [0.2, 0.25) is 0 Å². The summed E-state index contributed by atoms with van der Waals surface area (Å²) < 4.78 is 5.68. The number of hydrogen-bond donors (Lipinski definition) is 3. The molecule has 0 aliphatic carbocycles. The van der Waals surface area contributed by atoms with Gasteiger partial charge in [-0.1, -0.05) is 38.1 Å². The summed E-state index contributed by atoms with van der Waals surface area (Å²) in [6, 6.07) is 12.6. The summed E-state index contributed by atoms with van der Waals surface area (Å²) >= 11 is 5.13. The van der Waals surface area contributed by atoms with Gasteiger partial charge in [-0.05, 0) is 54.4 Å². The van der Waals surface area contributed by atoms with E-state index in [0.29, 0.717) is 11.4 Å². The minimum absolute atomic E-state index is 0.0608. The Labute approximate surface area is 164 Å². The third-order valence-electron chi connectivity index (χ3n) is 3.84. The first-order valence-corrected chi connectivity index (χ1v) is 8.91. The van der Waals surface area contributed by atoms with Crippen LogP contribution in [0, 0.1) is 6.92 Å². The van der Waals surface area contributed by atoms with E-state index >= 15 is 0 Å². The zero-order valence-corrected chi connectivity index (χ0v) is 16.4. The Morgan fingerprint density at radius 3 is 2.56 bits per heavy atom. The molecule has 0 atom stereocenters. The minimum Gasteiger partial charge on any atom is -0.483 e. The van der Waals surface area contributed by atoms with Crippen LogP contribution in [-0.2, 0) is 4.79 Å². The minimum atomic E-state index is -0.587. The second-order valence-corrected chi connectivity index (χ2v) is 6.81. The first-order chi connectivity index (χ1) is 12.8. The Morgan fingerprint density at radius 1 is 1.19 bits per heavy atom. The molecule has 0 saturated heterocycles. The molecule has 0 radical (unpaired) electrons. The van der Waals surface area contributed by atoms with Gasteiger partial charge in [0.1, 0.15) is 5.75 Å². The van der Waals surface area contributed by atoms with Gasteiger partial charge in [0.2, 0.25) is 0 Å². The fourth-order valence-electron chi connectivity index (χ4n) is 2.51. The number of amides is 2. The zero-order chi connectivity index (χ0) is 20.0. The highest BCUT2D eigenvalue weighted by Gasteiger charge is 2.13. The highest BCUT2D eigenvalue weighted by Crippen LogP contribution is 2.27. The number of carbonyl (C=O) groups is 2. The predicted molar refractivity (Wildman–Crippen MR) is 110 cm³/mol. The van der Waals surface area contributed by atoms with Crippen molar-refractivity contribution in [2.75, 3.05) is 11.9 Å². The second-order valence-electron chi connectivity index (χ2n) is 6.40. The van der Waals surface area contributed by atoms with Gasteiger partial charge in [0.15, 0.2) is 11.7 Å². The molecule has 27 heavy (non-hydrogen) atoms. The van der Waals surface area contributed by atoms with E-state index in [9.17, 15) is 9.59 Å². The molecule has 2 rings (SSSR count). The van der Waals surface area contributed by atoms with E-state index in [-0.39, 0.29) is 23.2 Å². The van der Waals surface area contributed by atoms with Crippen molar-refractivity contribution in [1.29, 1.82) is 0 Å². The van der Waals surface area contributed by atoms with Gasteiger partial charge in [-0.2, -0.15) is 0 Å². The Balaban J connectivity index is 1.96. The van der Waals surface area contributed by atoms with Gasteiger partial charge in [-0.3, -0.25) is 14.9 Å². The van der Waals surface area contributed by atoms with Gasteiger partial charge in [0.25, 0.3) is 11.8 Å². The lowest BCUT2D eigenvalue weighted by Gasteiger charge is -2.15. The topological polar surface area (TPSA) is 93.4 Å². The van der Waals surface area contributed by atoms with Crippen LogP contribution in [0.3, 0.4) is 0 Å². The maximum absolute atomic E-state index is 12.1. The standard InChI is InChI=1S/C20H23N3O3S/c1-12(2)14-9-8-13(3)10-17(14)26-11-18(24)23-20(27)22-16-7-5-4-6-15(16)19(21)25/h4-10,12H,11H2,1-3H3,(H2,21,25)(H2,22,23,24,27). The molecule has 4 N–H and O–H groups in total. The normalized spacial score (nSPS) is 10.4. The Morgan fingerprint density at radius 2 is 1.89 bits per heavy atom. The molecule has 142 valence electrons. The van der Waals surface area contributed by atoms with Crippen LogP contribution in [0.5, 0.6) is 5.75 Å². The first-order valence-electron chi connectivity index (χ1n) is 8.51. The number of aryl methyl sites for hydroxylation is 1. The van der Waals surface area contributed by atoms with Crippen molar-refractivity contribution in [3.63, 3.8) is 0 Å². The average Bonchev–Trinajstić information content (AvgIpc) is 2.59. The number of benzene rings is 2. The van der Waals surface area contributed by atoms with Crippen molar-refractivity contribution in [1.82, 2.24) is 5.32 Å². The van der Waals surface area contributed by atoms with E-state index < -0.39 is 11.8 Å². The van der Waals surface area contributed by atoms with Crippen LogP contribution in [0.15, 0.2) is 42.5 Å². The molecule has 0 unspecified atom stereocenters. The summed E-state index contributed by atoms with van der Waals surface area (Å²) in [7, 11) is 0. The summed E-state index contributed by atoms with van der Waals surface area (Å²) in [4.78, 5) is 23.6. The van der Waals surface area contributed by atoms with Gasteiger partial charge < -0.3 is 15.8 Å². The summed E-state index contributed by atoms with van der Waals surface area (Å²) in [5.74, 6) is -0.0358. The summed E-state index contributed by atoms with van der Waals surface area (Å²) in [5, 5.41) is 5.40. The maximum atomic E-state index is 12.1. The number of primary amides is 1. The molecule has 0 aromatic heterocycles. The van der Waals surface area contributed by atoms with Crippen LogP contribution in [0.25, 0.3) is 0 Å². The number of nitrogens with two attached hydrogens (primary N) is 1. The molecular formula is C20H23N3O3S. The first kappa shape index (κ1) is 20.4. The highest BCUT2D eigenvalue weighted by molar-refractivity contribution is 7.80. The van der Waals surface area contributed by atoms with Gasteiger partial charge in [-0.25, -0.2) is 0 Å². The number of rotatable bonds is 6. The van der Waals surface area contributed by atoms with Gasteiger partial charge in [0, 0.05) is 0 Å². The maximum Gasteiger partial charge on any atom is 0.264 e. The predicted octanol–water partition coefficient (Wildman–Crippen LogP) is 3.11. The highest BCUT2D eigenvalue weighted by atomic mass is 32.1. The molecule has 2 aromatic carbocycles. The van der Waals surface area contributed by atoms with Crippen molar-refractivity contribution in [2.24, 2.45) is 5.73 Å². The number of thiocarbonyl (C=S) groups is 1. The lowest BCUT2D eigenvalue weighted by atomic mass is 10.0. The molecule has 0 spiro atoms.